The van der Waals surface area contributed by atoms with E-state index in [0.29, 0.717) is 5.25 Å². The zero-order chi connectivity index (χ0) is 12.3. The van der Waals surface area contributed by atoms with E-state index in [1.165, 1.54) is 9.37 Å². The van der Waals surface area contributed by atoms with Crippen LogP contribution in [-0.4, -0.2) is 29.1 Å². The molecule has 92 valence electrons. The van der Waals surface area contributed by atoms with Crippen LogP contribution in [0.15, 0.2) is 33.6 Å². The Morgan fingerprint density at radius 2 is 2.00 bits per heavy atom. The van der Waals surface area contributed by atoms with Crippen molar-refractivity contribution in [2.24, 2.45) is 0 Å². The third kappa shape index (κ3) is 3.49. The van der Waals surface area contributed by atoms with Crippen molar-refractivity contribution < 1.29 is 4.79 Å². The van der Waals surface area contributed by atoms with Crippen LogP contribution >= 0.6 is 27.7 Å². The van der Waals surface area contributed by atoms with Crippen LogP contribution in [0.3, 0.4) is 0 Å². The number of carbonyl (C=O) groups is 1. The van der Waals surface area contributed by atoms with E-state index in [4.69, 9.17) is 0 Å². The number of hydrogen-bond donors (Lipinski definition) is 0. The van der Waals surface area contributed by atoms with Crippen LogP contribution in [0.2, 0.25) is 0 Å². The minimum Gasteiger partial charge on any atom is -0.343 e. The molecule has 17 heavy (non-hydrogen) atoms. The summed E-state index contributed by atoms with van der Waals surface area (Å²) in [5.41, 5.74) is 0. The molecule has 1 saturated heterocycles. The number of hydrogen-bond acceptors (Lipinski definition) is 2. The summed E-state index contributed by atoms with van der Waals surface area (Å²) >= 11 is 5.49. The first kappa shape index (κ1) is 13.0. The number of rotatable bonds is 2. The molecular formula is C13H16BrNOS. The van der Waals surface area contributed by atoms with Gasteiger partial charge < -0.3 is 4.90 Å². The Morgan fingerprint density at radius 1 is 1.35 bits per heavy atom. The number of carbonyl (C=O) groups excluding carboxylic acids is 1. The van der Waals surface area contributed by atoms with Gasteiger partial charge in [-0.15, -0.1) is 11.8 Å². The maximum Gasteiger partial charge on any atom is 0.219 e. The molecule has 0 aliphatic carbocycles. The lowest BCUT2D eigenvalue weighted by atomic mass is 10.1. The Labute approximate surface area is 115 Å². The third-order valence-corrected chi connectivity index (χ3v) is 5.39. The van der Waals surface area contributed by atoms with E-state index in [2.05, 4.69) is 34.1 Å². The molecule has 0 radical (unpaired) electrons. The fourth-order valence-electron chi connectivity index (χ4n) is 2.01. The molecule has 0 aromatic heterocycles. The highest BCUT2D eigenvalue weighted by molar-refractivity contribution is 9.10. The summed E-state index contributed by atoms with van der Waals surface area (Å²) in [6.45, 7) is 3.45. The van der Waals surface area contributed by atoms with Crippen LogP contribution in [0, 0.1) is 0 Å². The number of amides is 1. The second kappa shape index (κ2) is 5.91. The van der Waals surface area contributed by atoms with Gasteiger partial charge >= 0.3 is 0 Å². The summed E-state index contributed by atoms with van der Waals surface area (Å²) in [4.78, 5) is 14.5. The summed E-state index contributed by atoms with van der Waals surface area (Å²) in [6, 6.07) is 8.32. The van der Waals surface area contributed by atoms with E-state index >= 15 is 0 Å². The molecule has 0 bridgehead atoms. The normalized spacial score (nSPS) is 17.2. The first-order valence-electron chi connectivity index (χ1n) is 5.83. The number of halogens is 1. The second-order valence-electron chi connectivity index (χ2n) is 4.25. The van der Waals surface area contributed by atoms with E-state index in [-0.39, 0.29) is 5.91 Å². The Bertz CT molecular complexity index is 402. The molecule has 1 amide bonds. The highest BCUT2D eigenvalue weighted by Gasteiger charge is 2.21. The van der Waals surface area contributed by atoms with E-state index in [0.717, 1.165) is 25.9 Å². The van der Waals surface area contributed by atoms with Gasteiger partial charge in [0.05, 0.1) is 0 Å². The predicted molar refractivity (Wildman–Crippen MR) is 75.3 cm³/mol. The van der Waals surface area contributed by atoms with Crippen molar-refractivity contribution >= 4 is 33.6 Å². The van der Waals surface area contributed by atoms with Gasteiger partial charge in [0, 0.05) is 34.6 Å². The summed E-state index contributed by atoms with van der Waals surface area (Å²) in [7, 11) is 0. The van der Waals surface area contributed by atoms with Gasteiger partial charge in [-0.25, -0.2) is 0 Å². The Balaban J connectivity index is 1.90. The average Bonchev–Trinajstić information content (AvgIpc) is 2.33. The monoisotopic (exact) mass is 313 g/mol. The number of nitrogens with zero attached hydrogens (tertiary/aromatic N) is 1. The predicted octanol–water partition coefficient (Wildman–Crippen LogP) is 3.55. The molecule has 4 heteroatoms. The maximum absolute atomic E-state index is 11.2. The number of piperidine rings is 1. The molecule has 1 aromatic rings. The molecule has 0 N–H and O–H groups in total. The Kier molecular flexibility index (Phi) is 4.51. The zero-order valence-electron chi connectivity index (χ0n) is 9.86. The first-order chi connectivity index (χ1) is 8.16. The smallest absolute Gasteiger partial charge is 0.219 e. The first-order valence-corrected chi connectivity index (χ1v) is 7.51. The van der Waals surface area contributed by atoms with Crippen LogP contribution in [0.25, 0.3) is 0 Å². The fraction of sp³-hybridized carbons (Fsp3) is 0.462. The van der Waals surface area contributed by atoms with Crippen molar-refractivity contribution in [2.45, 2.75) is 29.9 Å². The second-order valence-corrected chi connectivity index (χ2v) is 6.45. The van der Waals surface area contributed by atoms with Crippen molar-refractivity contribution in [3.05, 3.63) is 28.7 Å². The topological polar surface area (TPSA) is 20.3 Å². The van der Waals surface area contributed by atoms with Crippen LogP contribution in [0.5, 0.6) is 0 Å². The standard InChI is InChI=1S/C13H16BrNOS/c1-10(16)15-8-6-11(7-9-15)17-13-5-3-2-4-12(13)14/h2-5,11H,6-9H2,1H3. The number of likely N-dealkylation sites (tertiary alicyclic amines) is 1. The van der Waals surface area contributed by atoms with Crippen molar-refractivity contribution in [3.63, 3.8) is 0 Å². The van der Waals surface area contributed by atoms with Crippen LogP contribution in [0.1, 0.15) is 19.8 Å². The molecule has 1 aliphatic rings. The highest BCUT2D eigenvalue weighted by atomic mass is 79.9. The van der Waals surface area contributed by atoms with Crippen LogP contribution < -0.4 is 0 Å². The van der Waals surface area contributed by atoms with Gasteiger partial charge in [-0.1, -0.05) is 12.1 Å². The number of benzene rings is 1. The molecule has 0 unspecified atom stereocenters. The molecule has 2 nitrogen and oxygen atoms in total. The molecule has 0 spiro atoms. The molecule has 1 aromatic carbocycles. The van der Waals surface area contributed by atoms with Crippen molar-refractivity contribution in [1.29, 1.82) is 0 Å². The van der Waals surface area contributed by atoms with Crippen molar-refractivity contribution in [3.8, 4) is 0 Å². The third-order valence-electron chi connectivity index (χ3n) is 3.02. The SMILES string of the molecule is CC(=O)N1CCC(Sc2ccccc2Br)CC1. The van der Waals surface area contributed by atoms with Crippen LogP contribution in [-0.2, 0) is 4.79 Å². The van der Waals surface area contributed by atoms with Gasteiger partial charge in [-0.2, -0.15) is 0 Å². The lowest BCUT2D eigenvalue weighted by Crippen LogP contribution is -2.37. The quantitative estimate of drug-likeness (QED) is 0.832. The number of thioether (sulfide) groups is 1. The average molecular weight is 314 g/mol. The Hall–Kier alpha value is -0.480. The van der Waals surface area contributed by atoms with E-state index in [1.54, 1.807) is 6.92 Å². The summed E-state index contributed by atoms with van der Waals surface area (Å²) in [6.07, 6.45) is 2.18. The van der Waals surface area contributed by atoms with Gasteiger partial charge in [0.2, 0.25) is 5.91 Å². The molecule has 0 atom stereocenters. The summed E-state index contributed by atoms with van der Waals surface area (Å²) in [5.74, 6) is 0.203. The fourth-order valence-corrected chi connectivity index (χ4v) is 3.72. The molecule has 1 fully saturated rings. The van der Waals surface area contributed by atoms with E-state index < -0.39 is 0 Å². The summed E-state index contributed by atoms with van der Waals surface area (Å²) in [5, 5.41) is 0.629. The largest absolute Gasteiger partial charge is 0.343 e. The molecule has 2 rings (SSSR count). The van der Waals surface area contributed by atoms with Crippen LogP contribution in [0.4, 0.5) is 0 Å². The van der Waals surface area contributed by atoms with Gasteiger partial charge in [0.1, 0.15) is 0 Å². The maximum atomic E-state index is 11.2. The minimum atomic E-state index is 0.203. The molecule has 0 saturated carbocycles. The van der Waals surface area contributed by atoms with Crippen molar-refractivity contribution in [1.82, 2.24) is 4.90 Å². The van der Waals surface area contributed by atoms with Gasteiger partial charge in [0.15, 0.2) is 0 Å². The highest BCUT2D eigenvalue weighted by Crippen LogP contribution is 2.34. The lowest BCUT2D eigenvalue weighted by Gasteiger charge is -2.31. The Morgan fingerprint density at radius 3 is 2.59 bits per heavy atom. The van der Waals surface area contributed by atoms with Gasteiger partial charge in [-0.05, 0) is 40.9 Å². The molecule has 1 aliphatic heterocycles. The van der Waals surface area contributed by atoms with Gasteiger partial charge in [-0.3, -0.25) is 4.79 Å². The van der Waals surface area contributed by atoms with E-state index in [1.807, 2.05) is 22.7 Å². The zero-order valence-corrected chi connectivity index (χ0v) is 12.3. The van der Waals surface area contributed by atoms with Gasteiger partial charge in [0.25, 0.3) is 0 Å². The minimum absolute atomic E-state index is 0.203. The molecule has 1 heterocycles. The summed E-state index contributed by atoms with van der Waals surface area (Å²) < 4.78 is 1.17. The molecular weight excluding hydrogens is 298 g/mol. The van der Waals surface area contributed by atoms with Crippen molar-refractivity contribution in [2.75, 3.05) is 13.1 Å². The van der Waals surface area contributed by atoms with E-state index in [9.17, 15) is 4.79 Å². The lowest BCUT2D eigenvalue weighted by molar-refractivity contribution is -0.129.